The Morgan fingerprint density at radius 1 is 1.40 bits per heavy atom. The SMILES string of the molecule is O=C(O)C1(NS(=O)(=O)c2ccccc2[N+](=O)[O-])CNC1. The monoisotopic (exact) mass is 301 g/mol. The largest absolute Gasteiger partial charge is 0.480 e. The molecule has 2 rings (SSSR count). The average Bonchev–Trinajstić information content (AvgIpc) is 2.33. The molecule has 0 atom stereocenters. The fourth-order valence-electron chi connectivity index (χ4n) is 1.79. The molecule has 0 amide bonds. The van der Waals surface area contributed by atoms with E-state index in [1.54, 1.807) is 0 Å². The van der Waals surface area contributed by atoms with Crippen molar-refractivity contribution in [2.45, 2.75) is 10.4 Å². The number of carboxylic acids is 1. The maximum absolute atomic E-state index is 12.2. The molecule has 1 aromatic rings. The highest BCUT2D eigenvalue weighted by molar-refractivity contribution is 7.89. The van der Waals surface area contributed by atoms with Crippen molar-refractivity contribution in [3.05, 3.63) is 34.4 Å². The highest BCUT2D eigenvalue weighted by Crippen LogP contribution is 2.25. The van der Waals surface area contributed by atoms with E-state index < -0.39 is 37.0 Å². The first kappa shape index (κ1) is 14.4. The van der Waals surface area contributed by atoms with Gasteiger partial charge in [0.05, 0.1) is 4.92 Å². The molecule has 3 N–H and O–H groups in total. The zero-order valence-corrected chi connectivity index (χ0v) is 10.9. The summed E-state index contributed by atoms with van der Waals surface area (Å²) in [7, 11) is -4.31. The molecule has 1 heterocycles. The number of benzene rings is 1. The van der Waals surface area contributed by atoms with Gasteiger partial charge in [0.15, 0.2) is 10.4 Å². The smallest absolute Gasteiger partial charge is 0.327 e. The van der Waals surface area contributed by atoms with Crippen LogP contribution >= 0.6 is 0 Å². The number of nitro groups is 1. The van der Waals surface area contributed by atoms with E-state index in [0.29, 0.717) is 0 Å². The van der Waals surface area contributed by atoms with E-state index in [2.05, 4.69) is 5.32 Å². The molecule has 0 saturated carbocycles. The Morgan fingerprint density at radius 3 is 2.45 bits per heavy atom. The van der Waals surface area contributed by atoms with Crippen LogP contribution in [0, 0.1) is 10.1 Å². The summed E-state index contributed by atoms with van der Waals surface area (Å²) in [5.74, 6) is -1.33. The second-order valence-corrected chi connectivity index (χ2v) is 5.97. The number of sulfonamides is 1. The Kier molecular flexibility index (Phi) is 3.46. The van der Waals surface area contributed by atoms with Gasteiger partial charge in [-0.3, -0.25) is 14.9 Å². The van der Waals surface area contributed by atoms with Crippen molar-refractivity contribution in [3.8, 4) is 0 Å². The molecule has 1 saturated heterocycles. The Hall–Kier alpha value is -2.04. The number of nitro benzene ring substituents is 1. The molecule has 1 fully saturated rings. The van der Waals surface area contributed by atoms with Gasteiger partial charge in [0.1, 0.15) is 0 Å². The Labute approximate surface area is 113 Å². The van der Waals surface area contributed by atoms with Crippen LogP contribution < -0.4 is 10.0 Å². The van der Waals surface area contributed by atoms with E-state index in [0.717, 1.165) is 12.1 Å². The third-order valence-corrected chi connectivity index (χ3v) is 4.53. The van der Waals surface area contributed by atoms with Gasteiger partial charge in [-0.25, -0.2) is 8.42 Å². The lowest BCUT2D eigenvalue weighted by atomic mass is 9.94. The molecule has 9 nitrogen and oxygen atoms in total. The lowest BCUT2D eigenvalue weighted by molar-refractivity contribution is -0.387. The molecule has 20 heavy (non-hydrogen) atoms. The van der Waals surface area contributed by atoms with E-state index in [1.807, 2.05) is 4.72 Å². The fraction of sp³-hybridized carbons (Fsp3) is 0.300. The molecule has 1 aliphatic heterocycles. The lowest BCUT2D eigenvalue weighted by Gasteiger charge is -2.38. The number of nitrogens with one attached hydrogen (secondary N) is 2. The van der Waals surface area contributed by atoms with Crippen LogP contribution in [0.5, 0.6) is 0 Å². The minimum atomic E-state index is -4.31. The number of hydrogen-bond acceptors (Lipinski definition) is 6. The van der Waals surface area contributed by atoms with Gasteiger partial charge in [-0.2, -0.15) is 4.72 Å². The maximum Gasteiger partial charge on any atom is 0.327 e. The van der Waals surface area contributed by atoms with Gasteiger partial charge >= 0.3 is 5.97 Å². The second-order valence-electron chi connectivity index (χ2n) is 4.32. The van der Waals surface area contributed by atoms with Crippen molar-refractivity contribution in [2.75, 3.05) is 13.1 Å². The average molecular weight is 301 g/mol. The van der Waals surface area contributed by atoms with Crippen molar-refractivity contribution in [1.82, 2.24) is 10.0 Å². The molecule has 0 spiro atoms. The Bertz CT molecular complexity index is 667. The number of para-hydroxylation sites is 1. The van der Waals surface area contributed by atoms with Crippen LogP contribution in [-0.2, 0) is 14.8 Å². The van der Waals surface area contributed by atoms with Crippen LogP contribution in [0.25, 0.3) is 0 Å². The van der Waals surface area contributed by atoms with Gasteiger partial charge in [0.2, 0.25) is 10.0 Å². The first-order chi connectivity index (χ1) is 9.28. The van der Waals surface area contributed by atoms with Crippen LogP contribution in [0.15, 0.2) is 29.2 Å². The van der Waals surface area contributed by atoms with Crippen LogP contribution in [0.4, 0.5) is 5.69 Å². The number of aliphatic carboxylic acids is 1. The van der Waals surface area contributed by atoms with Crippen molar-refractivity contribution >= 4 is 21.7 Å². The summed E-state index contributed by atoms with van der Waals surface area (Å²) in [5.41, 5.74) is -2.27. The summed E-state index contributed by atoms with van der Waals surface area (Å²) in [4.78, 5) is 20.6. The molecular weight excluding hydrogens is 290 g/mol. The first-order valence-corrected chi connectivity index (χ1v) is 6.98. The normalized spacial score (nSPS) is 17.2. The van der Waals surface area contributed by atoms with E-state index in [1.165, 1.54) is 12.1 Å². The molecule has 1 aliphatic rings. The third-order valence-electron chi connectivity index (χ3n) is 2.94. The number of rotatable bonds is 5. The van der Waals surface area contributed by atoms with E-state index >= 15 is 0 Å². The molecule has 0 unspecified atom stereocenters. The third kappa shape index (κ3) is 2.35. The van der Waals surface area contributed by atoms with Crippen LogP contribution in [0.3, 0.4) is 0 Å². The van der Waals surface area contributed by atoms with Crippen LogP contribution in [0.2, 0.25) is 0 Å². The van der Waals surface area contributed by atoms with Crippen molar-refractivity contribution in [3.63, 3.8) is 0 Å². The predicted molar refractivity (Wildman–Crippen MR) is 66.7 cm³/mol. The van der Waals surface area contributed by atoms with E-state index in [9.17, 15) is 23.3 Å². The first-order valence-electron chi connectivity index (χ1n) is 5.50. The molecule has 0 aromatic heterocycles. The molecule has 0 aliphatic carbocycles. The fourth-order valence-corrected chi connectivity index (χ4v) is 3.32. The van der Waals surface area contributed by atoms with Gasteiger partial charge in [0, 0.05) is 19.2 Å². The molecule has 108 valence electrons. The van der Waals surface area contributed by atoms with E-state index in [4.69, 9.17) is 5.11 Å². The molecule has 0 bridgehead atoms. The second kappa shape index (κ2) is 4.81. The minimum absolute atomic E-state index is 0.0812. The van der Waals surface area contributed by atoms with Gasteiger partial charge < -0.3 is 10.4 Å². The number of nitrogens with zero attached hydrogens (tertiary/aromatic N) is 1. The van der Waals surface area contributed by atoms with Crippen molar-refractivity contribution in [1.29, 1.82) is 0 Å². The standard InChI is InChI=1S/C10H11N3O6S/c14-9(15)10(5-11-6-10)12-20(18,19)8-4-2-1-3-7(8)13(16)17/h1-4,11-12H,5-6H2,(H,14,15). The molecule has 1 aromatic carbocycles. The zero-order chi connectivity index (χ0) is 15.0. The quantitative estimate of drug-likeness (QED) is 0.482. The van der Waals surface area contributed by atoms with Crippen molar-refractivity contribution in [2.24, 2.45) is 0 Å². The number of hydrogen-bond donors (Lipinski definition) is 3. The number of carboxylic acid groups (broad SMARTS) is 1. The summed E-state index contributed by atoms with van der Waals surface area (Å²) in [5, 5.41) is 22.6. The minimum Gasteiger partial charge on any atom is -0.480 e. The summed E-state index contributed by atoms with van der Waals surface area (Å²) in [6, 6.07) is 4.76. The topological polar surface area (TPSA) is 139 Å². The van der Waals surface area contributed by atoms with Crippen LogP contribution in [-0.4, -0.2) is 43.0 Å². The Morgan fingerprint density at radius 2 is 2.00 bits per heavy atom. The predicted octanol–water partition coefficient (Wildman–Crippen LogP) is -0.700. The van der Waals surface area contributed by atoms with Gasteiger partial charge in [-0.05, 0) is 6.07 Å². The molecular formula is C10H11N3O6S. The highest BCUT2D eigenvalue weighted by atomic mass is 32.2. The van der Waals surface area contributed by atoms with Gasteiger partial charge in [-0.15, -0.1) is 0 Å². The van der Waals surface area contributed by atoms with Gasteiger partial charge in [0.25, 0.3) is 5.69 Å². The van der Waals surface area contributed by atoms with E-state index in [-0.39, 0.29) is 13.1 Å². The highest BCUT2D eigenvalue weighted by Gasteiger charge is 2.48. The lowest BCUT2D eigenvalue weighted by Crippen LogP contribution is -2.72. The van der Waals surface area contributed by atoms with Gasteiger partial charge in [-0.1, -0.05) is 12.1 Å². The molecule has 10 heteroatoms. The summed E-state index contributed by atoms with van der Waals surface area (Å²) in [6.07, 6.45) is 0. The summed E-state index contributed by atoms with van der Waals surface area (Å²) in [6.45, 7) is -0.162. The summed E-state index contributed by atoms with van der Waals surface area (Å²) >= 11 is 0. The maximum atomic E-state index is 12.2. The number of carbonyl (C=O) groups is 1. The van der Waals surface area contributed by atoms with Crippen molar-refractivity contribution < 1.29 is 23.2 Å². The zero-order valence-electron chi connectivity index (χ0n) is 10.1. The Balaban J connectivity index is 2.42. The molecule has 0 radical (unpaired) electrons. The van der Waals surface area contributed by atoms with Crippen LogP contribution in [0.1, 0.15) is 0 Å². The summed E-state index contributed by atoms with van der Waals surface area (Å²) < 4.78 is 26.4.